The van der Waals surface area contributed by atoms with Gasteiger partial charge in [0.2, 0.25) is 5.88 Å². The largest absolute Gasteiger partial charge is 0.474 e. The predicted octanol–water partition coefficient (Wildman–Crippen LogP) is 4.73. The van der Waals surface area contributed by atoms with Crippen LogP contribution in [0.15, 0.2) is 59.6 Å². The number of hydrogen-bond donors (Lipinski definition) is 1. The molecule has 40 heavy (non-hydrogen) atoms. The average molecular weight is 563 g/mol. The topological polar surface area (TPSA) is 125 Å². The highest BCUT2D eigenvalue weighted by atomic mass is 32.2. The molecule has 2 N–H and O–H groups in total. The highest BCUT2D eigenvalue weighted by Gasteiger charge is 2.28. The molecule has 2 aromatic heterocycles. The molecule has 0 bridgehead atoms. The van der Waals surface area contributed by atoms with Gasteiger partial charge >= 0.3 is 0 Å². The van der Waals surface area contributed by atoms with E-state index in [9.17, 15) is 17.6 Å². The van der Waals surface area contributed by atoms with Gasteiger partial charge in [-0.3, -0.25) is 4.79 Å². The van der Waals surface area contributed by atoms with E-state index in [1.54, 1.807) is 12.1 Å². The molecule has 0 spiro atoms. The van der Waals surface area contributed by atoms with Crippen LogP contribution in [0.2, 0.25) is 0 Å². The van der Waals surface area contributed by atoms with E-state index in [1.807, 2.05) is 25.1 Å². The molecule has 2 aromatic carbocycles. The number of nitrogens with two attached hydrogens (primary N) is 1. The lowest BCUT2D eigenvalue weighted by molar-refractivity contribution is 0.0801. The number of sulfone groups is 1. The zero-order valence-corrected chi connectivity index (χ0v) is 22.7. The van der Waals surface area contributed by atoms with Crippen molar-refractivity contribution in [3.63, 3.8) is 0 Å². The maximum absolute atomic E-state index is 14.2. The summed E-state index contributed by atoms with van der Waals surface area (Å²) >= 11 is 0. The third-order valence-corrected chi connectivity index (χ3v) is 8.23. The SMILES string of the molecule is C[C@H]1OCc2c1c(N)nc1cc(CN(C(=O)c3ccc(OC4CC4)nc3)c3ccc(F)cc3S(C)(=O)=O)ccc21. The van der Waals surface area contributed by atoms with Crippen molar-refractivity contribution in [3.8, 4) is 5.88 Å². The van der Waals surface area contributed by atoms with E-state index in [2.05, 4.69) is 9.97 Å². The van der Waals surface area contributed by atoms with Crippen LogP contribution >= 0.6 is 0 Å². The highest BCUT2D eigenvalue weighted by molar-refractivity contribution is 7.90. The van der Waals surface area contributed by atoms with Gasteiger partial charge in [0.05, 0.1) is 40.9 Å². The van der Waals surface area contributed by atoms with E-state index in [4.69, 9.17) is 15.2 Å². The van der Waals surface area contributed by atoms with Gasteiger partial charge in [-0.2, -0.15) is 0 Å². The minimum absolute atomic E-state index is 0.0190. The minimum atomic E-state index is -3.89. The molecule has 9 nitrogen and oxygen atoms in total. The van der Waals surface area contributed by atoms with E-state index >= 15 is 0 Å². The molecule has 1 atom stereocenters. The zero-order chi connectivity index (χ0) is 28.2. The first-order valence-corrected chi connectivity index (χ1v) is 14.7. The number of nitrogen functional groups attached to an aromatic ring is 1. The Morgan fingerprint density at radius 2 is 1.98 bits per heavy atom. The van der Waals surface area contributed by atoms with Crippen LogP contribution in [0.25, 0.3) is 10.9 Å². The first-order valence-electron chi connectivity index (χ1n) is 12.8. The summed E-state index contributed by atoms with van der Waals surface area (Å²) in [6, 6.07) is 12.1. The Labute approximate surface area is 230 Å². The number of benzene rings is 2. The van der Waals surface area contributed by atoms with Crippen LogP contribution in [0.1, 0.15) is 52.9 Å². The Bertz CT molecular complexity index is 1760. The van der Waals surface area contributed by atoms with Crippen molar-refractivity contribution in [2.24, 2.45) is 0 Å². The van der Waals surface area contributed by atoms with Crippen molar-refractivity contribution >= 4 is 38.2 Å². The number of amides is 1. The van der Waals surface area contributed by atoms with E-state index in [0.29, 0.717) is 29.4 Å². The summed E-state index contributed by atoms with van der Waals surface area (Å²) in [6.07, 6.45) is 4.30. The summed E-state index contributed by atoms with van der Waals surface area (Å²) in [4.78, 5) is 23.7. The van der Waals surface area contributed by atoms with Crippen LogP contribution < -0.4 is 15.4 Å². The molecule has 4 aromatic rings. The van der Waals surface area contributed by atoms with Gasteiger partial charge in [-0.05, 0) is 61.2 Å². The quantitative estimate of drug-likeness (QED) is 0.343. The van der Waals surface area contributed by atoms with Gasteiger partial charge in [-0.1, -0.05) is 12.1 Å². The smallest absolute Gasteiger partial charge is 0.260 e. The molecule has 6 rings (SSSR count). The number of aromatic nitrogens is 2. The van der Waals surface area contributed by atoms with Gasteiger partial charge in [0.15, 0.2) is 9.84 Å². The fourth-order valence-electron chi connectivity index (χ4n) is 4.96. The maximum Gasteiger partial charge on any atom is 0.260 e. The van der Waals surface area contributed by atoms with Crippen LogP contribution in [-0.4, -0.2) is 36.7 Å². The molecule has 0 saturated heterocycles. The second kappa shape index (κ2) is 9.83. The van der Waals surface area contributed by atoms with Crippen LogP contribution in [-0.2, 0) is 27.7 Å². The number of nitrogens with zero attached hydrogens (tertiary/aromatic N) is 3. The Hall–Kier alpha value is -4.09. The summed E-state index contributed by atoms with van der Waals surface area (Å²) in [5.41, 5.74) is 9.68. The number of pyridine rings is 2. The van der Waals surface area contributed by atoms with Gasteiger partial charge in [-0.15, -0.1) is 0 Å². The molecule has 1 amide bonds. The molecule has 1 aliphatic carbocycles. The number of carbonyl (C=O) groups is 1. The number of carbonyl (C=O) groups excluding carboxylic acids is 1. The van der Waals surface area contributed by atoms with Crippen molar-refractivity contribution < 1.29 is 27.1 Å². The summed E-state index contributed by atoms with van der Waals surface area (Å²) in [6.45, 7) is 2.33. The summed E-state index contributed by atoms with van der Waals surface area (Å²) < 4.78 is 50.9. The van der Waals surface area contributed by atoms with Crippen molar-refractivity contribution in [2.45, 2.75) is 50.0 Å². The normalized spacial score (nSPS) is 16.6. The van der Waals surface area contributed by atoms with Gasteiger partial charge < -0.3 is 20.1 Å². The maximum atomic E-state index is 14.2. The average Bonchev–Trinajstić information content (AvgIpc) is 3.65. The van der Waals surface area contributed by atoms with Gasteiger partial charge in [0, 0.05) is 29.5 Å². The van der Waals surface area contributed by atoms with Crippen LogP contribution in [0.3, 0.4) is 0 Å². The Kier molecular flexibility index (Phi) is 6.42. The van der Waals surface area contributed by atoms with Crippen molar-refractivity contribution in [3.05, 3.63) is 82.8 Å². The minimum Gasteiger partial charge on any atom is -0.474 e. The lowest BCUT2D eigenvalue weighted by Crippen LogP contribution is -2.32. The van der Waals surface area contributed by atoms with Gasteiger partial charge in [0.25, 0.3) is 5.91 Å². The molecule has 206 valence electrons. The van der Waals surface area contributed by atoms with Crippen LogP contribution in [0, 0.1) is 5.82 Å². The zero-order valence-electron chi connectivity index (χ0n) is 21.9. The molecular formula is C29H27FN4O5S. The predicted molar refractivity (Wildman–Crippen MR) is 147 cm³/mol. The van der Waals surface area contributed by atoms with E-state index in [0.717, 1.165) is 47.7 Å². The Morgan fingerprint density at radius 3 is 2.67 bits per heavy atom. The van der Waals surface area contributed by atoms with Crippen LogP contribution in [0.4, 0.5) is 15.9 Å². The number of ether oxygens (including phenoxy) is 2. The lowest BCUT2D eigenvalue weighted by Gasteiger charge is -2.25. The summed E-state index contributed by atoms with van der Waals surface area (Å²) in [5, 5.41) is 0.893. The molecule has 1 fully saturated rings. The number of hydrogen-bond acceptors (Lipinski definition) is 8. The number of fused-ring (bicyclic) bond motifs is 3. The van der Waals surface area contributed by atoms with Crippen LogP contribution in [0.5, 0.6) is 5.88 Å². The van der Waals surface area contributed by atoms with E-state index in [1.165, 1.54) is 17.2 Å². The summed E-state index contributed by atoms with van der Waals surface area (Å²) in [5.74, 6) is -0.440. The third-order valence-electron chi connectivity index (χ3n) is 7.11. The second-order valence-electron chi connectivity index (χ2n) is 10.2. The number of rotatable bonds is 7. The molecule has 1 aliphatic heterocycles. The summed E-state index contributed by atoms with van der Waals surface area (Å²) in [7, 11) is -3.89. The monoisotopic (exact) mass is 562 g/mol. The second-order valence-corrected chi connectivity index (χ2v) is 12.2. The number of anilines is 2. The van der Waals surface area contributed by atoms with Crippen molar-refractivity contribution in [2.75, 3.05) is 16.9 Å². The molecule has 2 aliphatic rings. The molecule has 0 unspecified atom stereocenters. The first-order chi connectivity index (χ1) is 19.1. The third kappa shape index (κ3) is 4.98. The Morgan fingerprint density at radius 1 is 1.18 bits per heavy atom. The standard InChI is InChI=1S/C29H27FN4O5S/c1-16-27-22(15-38-16)21-8-3-17(11-23(21)33-28(27)31)14-34(24-9-5-19(30)12-25(24)40(2,36)37)29(35)18-4-10-26(32-13-18)39-20-6-7-20/h3-5,8-13,16,20H,6-7,14-15H2,1-2H3,(H2,31,33)/t16-/m1/s1. The van der Waals surface area contributed by atoms with E-state index < -0.39 is 21.6 Å². The molecule has 0 radical (unpaired) electrons. The van der Waals surface area contributed by atoms with Crippen molar-refractivity contribution in [1.82, 2.24) is 9.97 Å². The lowest BCUT2D eigenvalue weighted by atomic mass is 10.0. The number of halogens is 1. The highest BCUT2D eigenvalue weighted by Crippen LogP contribution is 2.38. The van der Waals surface area contributed by atoms with E-state index in [-0.39, 0.29) is 34.9 Å². The fourth-order valence-corrected chi connectivity index (χ4v) is 5.84. The molecule has 11 heteroatoms. The molecule has 3 heterocycles. The Balaban J connectivity index is 1.42. The van der Waals surface area contributed by atoms with Crippen molar-refractivity contribution in [1.29, 1.82) is 0 Å². The molecule has 1 saturated carbocycles. The molecular weight excluding hydrogens is 535 g/mol. The van der Waals surface area contributed by atoms with Gasteiger partial charge in [-0.25, -0.2) is 22.8 Å². The fraction of sp³-hybridized carbons (Fsp3) is 0.276. The van der Waals surface area contributed by atoms with Gasteiger partial charge in [0.1, 0.15) is 17.7 Å². The first kappa shape index (κ1) is 26.1.